The number of carbonyl (C=O) groups is 1. The Kier molecular flexibility index (Phi) is 5.80. The van der Waals surface area contributed by atoms with Gasteiger partial charge in [-0.15, -0.1) is 11.8 Å². The number of rotatable bonds is 5. The van der Waals surface area contributed by atoms with Crippen LogP contribution >= 0.6 is 27.7 Å². The minimum Gasteiger partial charge on any atom is -0.274 e. The zero-order valence-electron chi connectivity index (χ0n) is 14.6. The average Bonchev–Trinajstić information content (AvgIpc) is 3.12. The van der Waals surface area contributed by atoms with Crippen LogP contribution < -0.4 is 0 Å². The lowest BCUT2D eigenvalue weighted by Gasteiger charge is -2.11. The van der Waals surface area contributed by atoms with Crippen LogP contribution in [0.3, 0.4) is 0 Å². The molecule has 0 spiro atoms. The zero-order valence-corrected chi connectivity index (χ0v) is 17.0. The first-order valence-corrected chi connectivity index (χ1v) is 9.88. The summed E-state index contributed by atoms with van der Waals surface area (Å²) in [5.41, 5.74) is 3.02. The highest BCUT2D eigenvalue weighted by Gasteiger charge is 2.19. The van der Waals surface area contributed by atoms with Crippen LogP contribution in [0.15, 0.2) is 64.0 Å². The Labute approximate surface area is 165 Å². The summed E-state index contributed by atoms with van der Waals surface area (Å²) in [6.45, 7) is 0. The lowest BCUT2D eigenvalue weighted by molar-refractivity contribution is -0.0760. The topological polar surface area (TPSA) is 47.4 Å². The zero-order chi connectivity index (χ0) is 18.7. The molecule has 0 bridgehead atoms. The maximum absolute atomic E-state index is 12.5. The average molecular weight is 432 g/mol. The second kappa shape index (κ2) is 8.07. The van der Waals surface area contributed by atoms with Crippen molar-refractivity contribution in [1.82, 2.24) is 14.8 Å². The van der Waals surface area contributed by atoms with Gasteiger partial charge in [0.05, 0.1) is 18.5 Å². The van der Waals surface area contributed by atoms with Gasteiger partial charge in [-0.1, -0.05) is 28.1 Å². The number of carbonyl (C=O) groups excluding carboxylic acids is 1. The number of benzene rings is 2. The van der Waals surface area contributed by atoms with Crippen molar-refractivity contribution in [1.29, 1.82) is 0 Å². The Balaban J connectivity index is 2.11. The molecule has 26 heavy (non-hydrogen) atoms. The molecule has 0 atom stereocenters. The van der Waals surface area contributed by atoms with Gasteiger partial charge in [-0.3, -0.25) is 9.63 Å². The van der Waals surface area contributed by atoms with Crippen molar-refractivity contribution < 1.29 is 9.63 Å². The fraction of sp³-hybridized carbons (Fsp3) is 0.158. The van der Waals surface area contributed by atoms with Crippen molar-refractivity contribution in [3.8, 4) is 16.9 Å². The Bertz CT molecular complexity index is 908. The first-order valence-electron chi connectivity index (χ1n) is 7.86. The third kappa shape index (κ3) is 3.85. The molecule has 0 aliphatic rings. The fourth-order valence-electron chi connectivity index (χ4n) is 2.48. The molecule has 3 aromatic rings. The van der Waals surface area contributed by atoms with Crippen LogP contribution in [0.25, 0.3) is 16.9 Å². The first kappa shape index (κ1) is 18.7. The maximum Gasteiger partial charge on any atom is 0.297 e. The summed E-state index contributed by atoms with van der Waals surface area (Å²) in [5.74, 6) is -0.301. The summed E-state index contributed by atoms with van der Waals surface area (Å²) in [6.07, 6.45) is 2.04. The molecule has 2 aromatic carbocycles. The summed E-state index contributed by atoms with van der Waals surface area (Å²) in [6, 6.07) is 17.8. The molecule has 1 aromatic heterocycles. The highest BCUT2D eigenvalue weighted by atomic mass is 79.9. The molecule has 0 radical (unpaired) electrons. The lowest BCUT2D eigenvalue weighted by atomic mass is 10.1. The number of aromatic nitrogens is 2. The van der Waals surface area contributed by atoms with Crippen LogP contribution in [0.2, 0.25) is 0 Å². The summed E-state index contributed by atoms with van der Waals surface area (Å²) < 4.78 is 2.76. The Hall–Kier alpha value is -2.09. The number of hydroxylamine groups is 2. The predicted octanol–water partition coefficient (Wildman–Crippen LogP) is 4.66. The van der Waals surface area contributed by atoms with Gasteiger partial charge in [0.1, 0.15) is 0 Å². The van der Waals surface area contributed by atoms with Crippen molar-refractivity contribution >= 4 is 33.6 Å². The fourth-order valence-corrected chi connectivity index (χ4v) is 3.15. The minimum absolute atomic E-state index is 0.301. The van der Waals surface area contributed by atoms with Crippen molar-refractivity contribution in [2.24, 2.45) is 0 Å². The monoisotopic (exact) mass is 431 g/mol. The molecule has 0 aliphatic carbocycles. The van der Waals surface area contributed by atoms with E-state index in [2.05, 4.69) is 33.2 Å². The number of hydrogen-bond donors (Lipinski definition) is 0. The van der Waals surface area contributed by atoms with Crippen molar-refractivity contribution in [3.63, 3.8) is 0 Å². The van der Waals surface area contributed by atoms with E-state index in [4.69, 9.17) is 4.84 Å². The minimum atomic E-state index is -0.301. The molecule has 0 N–H and O–H groups in total. The van der Waals surface area contributed by atoms with E-state index in [0.717, 1.165) is 26.5 Å². The van der Waals surface area contributed by atoms with Crippen molar-refractivity contribution in [2.75, 3.05) is 20.4 Å². The third-order valence-corrected chi connectivity index (χ3v) is 5.22. The van der Waals surface area contributed by atoms with Crippen LogP contribution in [0, 0.1) is 0 Å². The smallest absolute Gasteiger partial charge is 0.274 e. The number of hydrogen-bond acceptors (Lipinski definition) is 4. The molecule has 5 nitrogen and oxygen atoms in total. The van der Waals surface area contributed by atoms with E-state index in [0.29, 0.717) is 5.69 Å². The molecule has 1 heterocycles. The summed E-state index contributed by atoms with van der Waals surface area (Å²) in [5, 5.41) is 5.68. The van der Waals surface area contributed by atoms with Gasteiger partial charge in [-0.05, 0) is 48.7 Å². The van der Waals surface area contributed by atoms with Gasteiger partial charge < -0.3 is 0 Å². The molecular formula is C19H18BrN3O2S. The van der Waals surface area contributed by atoms with E-state index in [1.165, 1.54) is 12.0 Å². The molecule has 0 unspecified atom stereocenters. The predicted molar refractivity (Wildman–Crippen MR) is 108 cm³/mol. The number of nitrogens with zero attached hydrogens (tertiary/aromatic N) is 3. The first-order chi connectivity index (χ1) is 12.5. The number of halogens is 1. The number of thioether (sulfide) groups is 1. The third-order valence-electron chi connectivity index (χ3n) is 3.95. The molecule has 0 saturated carbocycles. The van der Waals surface area contributed by atoms with E-state index in [1.807, 2.05) is 42.7 Å². The largest absolute Gasteiger partial charge is 0.297 e. The summed E-state index contributed by atoms with van der Waals surface area (Å²) in [4.78, 5) is 18.7. The van der Waals surface area contributed by atoms with Crippen LogP contribution in [-0.4, -0.2) is 41.2 Å². The van der Waals surface area contributed by atoms with Crippen LogP contribution in [0.1, 0.15) is 10.5 Å². The quantitative estimate of drug-likeness (QED) is 0.435. The molecule has 3 rings (SSSR count). The van der Waals surface area contributed by atoms with E-state index >= 15 is 0 Å². The molecule has 0 saturated heterocycles. The highest BCUT2D eigenvalue weighted by molar-refractivity contribution is 9.10. The van der Waals surface area contributed by atoms with Crippen LogP contribution in [0.4, 0.5) is 0 Å². The van der Waals surface area contributed by atoms with Gasteiger partial charge in [0.25, 0.3) is 5.91 Å². The standard InChI is InChI=1S/C19H18BrN3O2S/c1-22(25-2)19(24)17-12-18(13-4-10-16(26-3)11-5-13)23(21-17)15-8-6-14(20)7-9-15/h4-12H,1-3H3. The molecule has 0 fully saturated rings. The van der Waals surface area contributed by atoms with E-state index in [-0.39, 0.29) is 5.91 Å². The van der Waals surface area contributed by atoms with E-state index in [1.54, 1.807) is 29.6 Å². The van der Waals surface area contributed by atoms with Crippen molar-refractivity contribution in [3.05, 3.63) is 64.8 Å². The SMILES string of the molecule is CON(C)C(=O)c1cc(-c2ccc(SC)cc2)n(-c2ccc(Br)cc2)n1. The van der Waals surface area contributed by atoms with Gasteiger partial charge in [0.15, 0.2) is 5.69 Å². The van der Waals surface area contributed by atoms with Gasteiger partial charge >= 0.3 is 0 Å². The van der Waals surface area contributed by atoms with Gasteiger partial charge in [0.2, 0.25) is 0 Å². The second-order valence-electron chi connectivity index (χ2n) is 5.52. The molecule has 1 amide bonds. The van der Waals surface area contributed by atoms with Gasteiger partial charge in [-0.2, -0.15) is 5.10 Å². The van der Waals surface area contributed by atoms with Gasteiger partial charge in [0, 0.05) is 22.0 Å². The Morgan fingerprint density at radius 1 is 1.15 bits per heavy atom. The molecule has 7 heteroatoms. The number of amides is 1. The summed E-state index contributed by atoms with van der Waals surface area (Å²) >= 11 is 5.13. The normalized spacial score (nSPS) is 10.8. The van der Waals surface area contributed by atoms with Crippen molar-refractivity contribution in [2.45, 2.75) is 4.90 Å². The molecule has 134 valence electrons. The second-order valence-corrected chi connectivity index (χ2v) is 7.31. The Morgan fingerprint density at radius 2 is 1.81 bits per heavy atom. The molecular weight excluding hydrogens is 414 g/mol. The maximum atomic E-state index is 12.5. The highest BCUT2D eigenvalue weighted by Crippen LogP contribution is 2.27. The van der Waals surface area contributed by atoms with Crippen LogP contribution in [-0.2, 0) is 4.84 Å². The van der Waals surface area contributed by atoms with Gasteiger partial charge in [-0.25, -0.2) is 9.75 Å². The lowest BCUT2D eigenvalue weighted by Crippen LogP contribution is -2.25. The van der Waals surface area contributed by atoms with E-state index < -0.39 is 0 Å². The molecule has 0 aliphatic heterocycles. The van der Waals surface area contributed by atoms with Crippen LogP contribution in [0.5, 0.6) is 0 Å². The Morgan fingerprint density at radius 3 is 2.38 bits per heavy atom. The van der Waals surface area contributed by atoms with E-state index in [9.17, 15) is 4.79 Å². The summed E-state index contributed by atoms with van der Waals surface area (Å²) in [7, 11) is 3.01.